The first kappa shape index (κ1) is 19.4. The highest BCUT2D eigenvalue weighted by molar-refractivity contribution is 7.98. The summed E-state index contributed by atoms with van der Waals surface area (Å²) >= 11 is 1.62. The summed E-state index contributed by atoms with van der Waals surface area (Å²) in [5.41, 5.74) is 1.50. The van der Waals surface area contributed by atoms with Crippen molar-refractivity contribution >= 4 is 33.5 Å². The molecule has 6 nitrogen and oxygen atoms in total. The van der Waals surface area contributed by atoms with Crippen LogP contribution in [0.2, 0.25) is 0 Å². The second-order valence-electron chi connectivity index (χ2n) is 6.08. The molecular weight excluding hydrogens is 382 g/mol. The summed E-state index contributed by atoms with van der Waals surface area (Å²) in [5, 5.41) is 2.89. The number of thioether (sulfide) groups is 1. The molecule has 0 radical (unpaired) electrons. The van der Waals surface area contributed by atoms with Crippen molar-refractivity contribution in [1.82, 2.24) is 10.0 Å². The lowest BCUT2D eigenvalue weighted by molar-refractivity contribution is -0.122. The standard InChI is InChI=1S/C19H21N3O3S2/c1-26-12-11-16(19(23)20-13-14-7-3-2-4-8-14)21-18-15-9-5-6-10-17(15)27(24,25)22-18/h2-10,16H,11-13H2,1H3,(H,20,23)(H,21,22). The number of nitrogens with one attached hydrogen (secondary N) is 2. The van der Waals surface area contributed by atoms with Gasteiger partial charge in [0, 0.05) is 12.1 Å². The van der Waals surface area contributed by atoms with E-state index in [1.54, 1.807) is 30.0 Å². The minimum absolute atomic E-state index is 0.192. The molecule has 0 fully saturated rings. The first-order valence-electron chi connectivity index (χ1n) is 8.52. The molecule has 0 aromatic heterocycles. The lowest BCUT2D eigenvalue weighted by atomic mass is 10.1. The van der Waals surface area contributed by atoms with Crippen LogP contribution in [0.5, 0.6) is 0 Å². The number of amidine groups is 1. The number of hydrogen-bond donors (Lipinski definition) is 2. The van der Waals surface area contributed by atoms with Crippen LogP contribution in [-0.2, 0) is 21.4 Å². The summed E-state index contributed by atoms with van der Waals surface area (Å²) in [6.07, 6.45) is 2.48. The molecule has 1 aliphatic rings. The number of benzene rings is 2. The number of sulfonamides is 1. The summed E-state index contributed by atoms with van der Waals surface area (Å²) in [6, 6.07) is 15.6. The summed E-state index contributed by atoms with van der Waals surface area (Å²) in [7, 11) is -3.62. The van der Waals surface area contributed by atoms with Crippen LogP contribution in [0.4, 0.5) is 0 Å². The third-order valence-electron chi connectivity index (χ3n) is 4.16. The highest BCUT2D eigenvalue weighted by Crippen LogP contribution is 2.23. The van der Waals surface area contributed by atoms with E-state index in [1.807, 2.05) is 36.6 Å². The van der Waals surface area contributed by atoms with Gasteiger partial charge in [0.1, 0.15) is 11.9 Å². The van der Waals surface area contributed by atoms with E-state index < -0.39 is 16.1 Å². The predicted octanol–water partition coefficient (Wildman–Crippen LogP) is 2.16. The molecule has 0 saturated heterocycles. The van der Waals surface area contributed by atoms with E-state index in [2.05, 4.69) is 15.0 Å². The average Bonchev–Trinajstić information content (AvgIpc) is 2.94. The number of rotatable bonds is 7. The highest BCUT2D eigenvalue weighted by Gasteiger charge is 2.31. The van der Waals surface area contributed by atoms with E-state index in [4.69, 9.17) is 0 Å². The van der Waals surface area contributed by atoms with Crippen molar-refractivity contribution in [3.05, 3.63) is 65.7 Å². The molecule has 1 unspecified atom stereocenters. The van der Waals surface area contributed by atoms with Crippen molar-refractivity contribution in [1.29, 1.82) is 0 Å². The maximum atomic E-state index is 12.7. The zero-order chi connectivity index (χ0) is 19.3. The fourth-order valence-corrected chi connectivity index (χ4v) is 4.47. The fraction of sp³-hybridized carbons (Fsp3) is 0.263. The Kier molecular flexibility index (Phi) is 6.18. The zero-order valence-electron chi connectivity index (χ0n) is 14.9. The van der Waals surface area contributed by atoms with E-state index >= 15 is 0 Å². The van der Waals surface area contributed by atoms with Gasteiger partial charge in [0.2, 0.25) is 5.91 Å². The lowest BCUT2D eigenvalue weighted by Gasteiger charge is -2.14. The second-order valence-corrected chi connectivity index (χ2v) is 8.72. The average molecular weight is 404 g/mol. The quantitative estimate of drug-likeness (QED) is 0.742. The third kappa shape index (κ3) is 4.70. The van der Waals surface area contributed by atoms with Gasteiger partial charge in [-0.2, -0.15) is 11.8 Å². The Morgan fingerprint density at radius 1 is 1.15 bits per heavy atom. The largest absolute Gasteiger partial charge is 0.350 e. The summed E-state index contributed by atoms with van der Waals surface area (Å²) in [5.74, 6) is 0.754. The molecule has 1 heterocycles. The van der Waals surface area contributed by atoms with Gasteiger partial charge in [0.15, 0.2) is 0 Å². The van der Waals surface area contributed by atoms with Crippen LogP contribution in [0, 0.1) is 0 Å². The molecule has 1 aliphatic heterocycles. The molecule has 0 bridgehead atoms. The molecule has 1 amide bonds. The SMILES string of the molecule is CSCCC(N=C1NS(=O)(=O)c2ccccc21)C(=O)NCc1ccccc1. The van der Waals surface area contributed by atoms with Crippen LogP contribution in [0.15, 0.2) is 64.5 Å². The second kappa shape index (κ2) is 8.58. The van der Waals surface area contributed by atoms with Crippen molar-refractivity contribution in [2.75, 3.05) is 12.0 Å². The Hall–Kier alpha value is -2.32. The van der Waals surface area contributed by atoms with Gasteiger partial charge >= 0.3 is 0 Å². The van der Waals surface area contributed by atoms with Gasteiger partial charge < -0.3 is 5.32 Å². The van der Waals surface area contributed by atoms with Crippen molar-refractivity contribution in [3.8, 4) is 0 Å². The third-order valence-corrected chi connectivity index (χ3v) is 6.20. The number of hydrogen-bond acceptors (Lipinski definition) is 5. The normalized spacial score (nSPS) is 17.1. The number of aliphatic imine (C=N–C) groups is 1. The van der Waals surface area contributed by atoms with Gasteiger partial charge in [-0.3, -0.25) is 14.5 Å². The van der Waals surface area contributed by atoms with E-state index in [1.165, 1.54) is 6.07 Å². The van der Waals surface area contributed by atoms with Gasteiger partial charge in [-0.25, -0.2) is 8.42 Å². The van der Waals surface area contributed by atoms with Gasteiger partial charge in [-0.05, 0) is 36.1 Å². The van der Waals surface area contributed by atoms with E-state index in [0.29, 0.717) is 18.5 Å². The van der Waals surface area contributed by atoms with E-state index in [0.717, 1.165) is 11.3 Å². The molecule has 0 aliphatic carbocycles. The fourth-order valence-electron chi connectivity index (χ4n) is 2.77. The van der Waals surface area contributed by atoms with Crippen molar-refractivity contribution in [2.24, 2.45) is 4.99 Å². The Bertz CT molecular complexity index is 944. The van der Waals surface area contributed by atoms with Crippen molar-refractivity contribution in [2.45, 2.75) is 23.9 Å². The maximum absolute atomic E-state index is 12.7. The topological polar surface area (TPSA) is 87.6 Å². The summed E-state index contributed by atoms with van der Waals surface area (Å²) < 4.78 is 27.0. The molecule has 1 atom stereocenters. The van der Waals surface area contributed by atoms with E-state index in [-0.39, 0.29) is 16.6 Å². The van der Waals surface area contributed by atoms with Gasteiger partial charge in [-0.15, -0.1) is 0 Å². The predicted molar refractivity (Wildman–Crippen MR) is 108 cm³/mol. The molecule has 27 heavy (non-hydrogen) atoms. The molecule has 2 N–H and O–H groups in total. The van der Waals surface area contributed by atoms with E-state index in [9.17, 15) is 13.2 Å². The zero-order valence-corrected chi connectivity index (χ0v) is 16.5. The number of carbonyl (C=O) groups is 1. The molecule has 142 valence electrons. The smallest absolute Gasteiger partial charge is 0.263 e. The monoisotopic (exact) mass is 403 g/mol. The van der Waals surface area contributed by atoms with Crippen LogP contribution >= 0.6 is 11.8 Å². The van der Waals surface area contributed by atoms with Crippen molar-refractivity contribution < 1.29 is 13.2 Å². The molecule has 3 rings (SSSR count). The Morgan fingerprint density at radius 2 is 1.85 bits per heavy atom. The van der Waals surface area contributed by atoms with Crippen LogP contribution in [0.3, 0.4) is 0 Å². The summed E-state index contributed by atoms with van der Waals surface area (Å²) in [6.45, 7) is 0.405. The van der Waals surface area contributed by atoms with Crippen LogP contribution in [-0.4, -0.2) is 38.2 Å². The van der Waals surface area contributed by atoms with Crippen LogP contribution in [0.1, 0.15) is 17.5 Å². The summed E-state index contributed by atoms with van der Waals surface area (Å²) in [4.78, 5) is 17.3. The number of fused-ring (bicyclic) bond motifs is 1. The number of nitrogens with zero attached hydrogens (tertiary/aromatic N) is 1. The minimum Gasteiger partial charge on any atom is -0.350 e. The van der Waals surface area contributed by atoms with Gasteiger partial charge in [0.25, 0.3) is 10.0 Å². The van der Waals surface area contributed by atoms with Crippen LogP contribution < -0.4 is 10.0 Å². The van der Waals surface area contributed by atoms with Gasteiger partial charge in [0.05, 0.1) is 4.90 Å². The molecule has 2 aromatic rings. The first-order valence-corrected chi connectivity index (χ1v) is 11.4. The van der Waals surface area contributed by atoms with Crippen molar-refractivity contribution in [3.63, 3.8) is 0 Å². The first-order chi connectivity index (χ1) is 13.0. The lowest BCUT2D eigenvalue weighted by Crippen LogP contribution is -2.35. The Balaban J connectivity index is 1.81. The molecule has 0 saturated carbocycles. The molecule has 0 spiro atoms. The number of carbonyl (C=O) groups excluding carboxylic acids is 1. The Morgan fingerprint density at radius 3 is 2.59 bits per heavy atom. The minimum atomic E-state index is -3.62. The number of amides is 1. The molecule has 2 aromatic carbocycles. The van der Waals surface area contributed by atoms with Crippen LogP contribution in [0.25, 0.3) is 0 Å². The highest BCUT2D eigenvalue weighted by atomic mass is 32.2. The maximum Gasteiger partial charge on any atom is 0.263 e. The Labute approximate surface area is 163 Å². The molecule has 8 heteroatoms. The molecular formula is C19H21N3O3S2. The van der Waals surface area contributed by atoms with Gasteiger partial charge in [-0.1, -0.05) is 42.5 Å².